The van der Waals surface area contributed by atoms with Gasteiger partial charge in [0.05, 0.1) is 5.41 Å². The lowest BCUT2D eigenvalue weighted by Gasteiger charge is -2.38. The summed E-state index contributed by atoms with van der Waals surface area (Å²) in [5.74, 6) is 1.24. The van der Waals surface area contributed by atoms with Crippen LogP contribution in [0.2, 0.25) is 0 Å². The molecule has 1 atom stereocenters. The Balaban J connectivity index is 1.49. The van der Waals surface area contributed by atoms with Gasteiger partial charge < -0.3 is 15.1 Å². The van der Waals surface area contributed by atoms with Crippen LogP contribution in [0.1, 0.15) is 45.4 Å². The van der Waals surface area contributed by atoms with E-state index in [0.29, 0.717) is 5.91 Å². The zero-order valence-corrected chi connectivity index (χ0v) is 13.6. The van der Waals surface area contributed by atoms with E-state index in [4.69, 9.17) is 0 Å². The van der Waals surface area contributed by atoms with Gasteiger partial charge in [0.25, 0.3) is 0 Å². The summed E-state index contributed by atoms with van der Waals surface area (Å²) in [5.41, 5.74) is -0.0954. The van der Waals surface area contributed by atoms with E-state index in [2.05, 4.69) is 22.0 Å². The van der Waals surface area contributed by atoms with Gasteiger partial charge in [0, 0.05) is 26.2 Å². The molecule has 3 aliphatic rings. The molecule has 1 unspecified atom stereocenters. The number of carbonyl (C=O) groups is 1. The minimum atomic E-state index is -0.0954. The van der Waals surface area contributed by atoms with Gasteiger partial charge in [-0.05, 0) is 64.1 Å². The minimum absolute atomic E-state index is 0.0954. The quantitative estimate of drug-likeness (QED) is 0.857. The Hall–Kier alpha value is -0.610. The summed E-state index contributed by atoms with van der Waals surface area (Å²) < 4.78 is 0. The predicted octanol–water partition coefficient (Wildman–Crippen LogP) is 1.71. The molecule has 0 radical (unpaired) electrons. The largest absolute Gasteiger partial charge is 0.342 e. The molecule has 0 aromatic rings. The lowest BCUT2D eigenvalue weighted by Crippen LogP contribution is -2.49. The first kappa shape index (κ1) is 15.3. The Morgan fingerprint density at radius 1 is 1.19 bits per heavy atom. The van der Waals surface area contributed by atoms with Crippen molar-refractivity contribution in [2.45, 2.75) is 45.4 Å². The molecule has 0 aromatic heterocycles. The van der Waals surface area contributed by atoms with Crippen molar-refractivity contribution in [1.82, 2.24) is 15.1 Å². The smallest absolute Gasteiger partial charge is 0.230 e. The molecule has 4 nitrogen and oxygen atoms in total. The summed E-state index contributed by atoms with van der Waals surface area (Å²) in [6, 6.07) is 0. The molecule has 0 bridgehead atoms. The Labute approximate surface area is 129 Å². The molecule has 3 aliphatic heterocycles. The fourth-order valence-electron chi connectivity index (χ4n) is 4.36. The Morgan fingerprint density at radius 2 is 1.90 bits per heavy atom. The van der Waals surface area contributed by atoms with Crippen molar-refractivity contribution in [3.63, 3.8) is 0 Å². The first-order valence-electron chi connectivity index (χ1n) is 8.96. The summed E-state index contributed by atoms with van der Waals surface area (Å²) in [5, 5.41) is 3.39. The normalized spacial score (nSPS) is 32.0. The standard InChI is InChI=1S/C17H31N3O/c1-2-17(7-8-18-14-17)16(21)20-11-5-15(6-12-20)13-19-9-3-4-10-19/h15,18H,2-14H2,1H3. The lowest BCUT2D eigenvalue weighted by atomic mass is 9.82. The SMILES string of the molecule is CCC1(C(=O)N2CCC(CN3CCCC3)CC2)CCNC1. The number of hydrogen-bond donors (Lipinski definition) is 1. The van der Waals surface area contributed by atoms with Crippen LogP contribution in [0.15, 0.2) is 0 Å². The van der Waals surface area contributed by atoms with Crippen molar-refractivity contribution in [3.05, 3.63) is 0 Å². The number of nitrogens with one attached hydrogen (secondary N) is 1. The third-order valence-electron chi connectivity index (χ3n) is 5.99. The van der Waals surface area contributed by atoms with E-state index in [0.717, 1.165) is 44.9 Å². The minimum Gasteiger partial charge on any atom is -0.342 e. The second-order valence-electron chi connectivity index (χ2n) is 7.30. The molecule has 120 valence electrons. The van der Waals surface area contributed by atoms with E-state index in [1.54, 1.807) is 0 Å². The molecule has 0 aliphatic carbocycles. The highest BCUT2D eigenvalue weighted by Crippen LogP contribution is 2.33. The molecule has 1 amide bonds. The lowest BCUT2D eigenvalue weighted by molar-refractivity contribution is -0.143. The molecule has 3 fully saturated rings. The van der Waals surface area contributed by atoms with Crippen LogP contribution in [0.25, 0.3) is 0 Å². The van der Waals surface area contributed by atoms with Gasteiger partial charge in [-0.25, -0.2) is 0 Å². The maximum absolute atomic E-state index is 12.9. The fraction of sp³-hybridized carbons (Fsp3) is 0.941. The highest BCUT2D eigenvalue weighted by molar-refractivity contribution is 5.83. The van der Waals surface area contributed by atoms with E-state index >= 15 is 0 Å². The van der Waals surface area contributed by atoms with Gasteiger partial charge in [0.1, 0.15) is 0 Å². The molecule has 21 heavy (non-hydrogen) atoms. The van der Waals surface area contributed by atoms with Crippen molar-refractivity contribution < 1.29 is 4.79 Å². The van der Waals surface area contributed by atoms with Crippen LogP contribution in [0, 0.1) is 11.3 Å². The Bertz CT molecular complexity index is 351. The fourth-order valence-corrected chi connectivity index (χ4v) is 4.36. The second-order valence-corrected chi connectivity index (χ2v) is 7.30. The van der Waals surface area contributed by atoms with Gasteiger partial charge in [-0.3, -0.25) is 4.79 Å². The average Bonchev–Trinajstić information content (AvgIpc) is 3.19. The molecule has 3 rings (SSSR count). The van der Waals surface area contributed by atoms with Gasteiger partial charge in [-0.1, -0.05) is 6.92 Å². The Morgan fingerprint density at radius 3 is 2.48 bits per heavy atom. The van der Waals surface area contributed by atoms with Crippen LogP contribution < -0.4 is 5.32 Å². The topological polar surface area (TPSA) is 35.6 Å². The summed E-state index contributed by atoms with van der Waals surface area (Å²) in [4.78, 5) is 17.7. The maximum atomic E-state index is 12.9. The number of amides is 1. The summed E-state index contributed by atoms with van der Waals surface area (Å²) in [6.07, 6.45) is 7.17. The van der Waals surface area contributed by atoms with E-state index in [1.165, 1.54) is 45.3 Å². The molecule has 0 spiro atoms. The molecule has 3 heterocycles. The second kappa shape index (κ2) is 6.66. The molecule has 4 heteroatoms. The molecular weight excluding hydrogens is 262 g/mol. The molecular formula is C17H31N3O. The summed E-state index contributed by atoms with van der Waals surface area (Å²) in [6.45, 7) is 9.89. The van der Waals surface area contributed by atoms with Crippen LogP contribution in [-0.2, 0) is 4.79 Å². The predicted molar refractivity (Wildman–Crippen MR) is 85.2 cm³/mol. The van der Waals surface area contributed by atoms with Crippen molar-refractivity contribution in [1.29, 1.82) is 0 Å². The summed E-state index contributed by atoms with van der Waals surface area (Å²) in [7, 11) is 0. The molecule has 0 saturated carbocycles. The van der Waals surface area contributed by atoms with E-state index in [-0.39, 0.29) is 5.41 Å². The maximum Gasteiger partial charge on any atom is 0.230 e. The zero-order chi connectivity index (χ0) is 14.7. The van der Waals surface area contributed by atoms with Gasteiger partial charge in [0.2, 0.25) is 5.91 Å². The van der Waals surface area contributed by atoms with Gasteiger partial charge in [-0.15, -0.1) is 0 Å². The van der Waals surface area contributed by atoms with Gasteiger partial charge >= 0.3 is 0 Å². The highest BCUT2D eigenvalue weighted by atomic mass is 16.2. The molecule has 3 saturated heterocycles. The van der Waals surface area contributed by atoms with E-state index in [1.807, 2.05) is 0 Å². The average molecular weight is 293 g/mol. The molecule has 0 aromatic carbocycles. The van der Waals surface area contributed by atoms with E-state index < -0.39 is 0 Å². The molecule has 1 N–H and O–H groups in total. The first-order valence-corrected chi connectivity index (χ1v) is 8.96. The van der Waals surface area contributed by atoms with Crippen molar-refractivity contribution >= 4 is 5.91 Å². The van der Waals surface area contributed by atoms with Crippen LogP contribution in [0.4, 0.5) is 0 Å². The summed E-state index contributed by atoms with van der Waals surface area (Å²) >= 11 is 0. The van der Waals surface area contributed by atoms with Gasteiger partial charge in [-0.2, -0.15) is 0 Å². The van der Waals surface area contributed by atoms with Crippen molar-refractivity contribution in [2.75, 3.05) is 45.8 Å². The van der Waals surface area contributed by atoms with Crippen LogP contribution in [-0.4, -0.2) is 61.5 Å². The number of carbonyl (C=O) groups excluding carboxylic acids is 1. The van der Waals surface area contributed by atoms with Crippen LogP contribution in [0.5, 0.6) is 0 Å². The third kappa shape index (κ3) is 3.26. The Kier molecular flexibility index (Phi) is 4.85. The number of rotatable bonds is 4. The van der Waals surface area contributed by atoms with Crippen LogP contribution >= 0.6 is 0 Å². The van der Waals surface area contributed by atoms with Gasteiger partial charge in [0.15, 0.2) is 0 Å². The highest BCUT2D eigenvalue weighted by Gasteiger charge is 2.42. The number of nitrogens with zero attached hydrogens (tertiary/aromatic N) is 2. The van der Waals surface area contributed by atoms with Crippen molar-refractivity contribution in [3.8, 4) is 0 Å². The number of likely N-dealkylation sites (tertiary alicyclic amines) is 2. The van der Waals surface area contributed by atoms with Crippen LogP contribution in [0.3, 0.4) is 0 Å². The zero-order valence-electron chi connectivity index (χ0n) is 13.6. The monoisotopic (exact) mass is 293 g/mol. The van der Waals surface area contributed by atoms with Crippen molar-refractivity contribution in [2.24, 2.45) is 11.3 Å². The third-order valence-corrected chi connectivity index (χ3v) is 5.99. The first-order chi connectivity index (χ1) is 10.2. The number of piperidine rings is 1. The van der Waals surface area contributed by atoms with E-state index in [9.17, 15) is 4.79 Å². The number of hydrogen-bond acceptors (Lipinski definition) is 3.